The van der Waals surface area contributed by atoms with Crippen molar-refractivity contribution in [2.45, 2.75) is 67.2 Å². The Morgan fingerprint density at radius 3 is 2.74 bits per heavy atom. The third kappa shape index (κ3) is 3.08. The zero-order valence-electron chi connectivity index (χ0n) is 18.9. The summed E-state index contributed by atoms with van der Waals surface area (Å²) in [4.78, 5) is 13.9. The van der Waals surface area contributed by atoms with E-state index in [2.05, 4.69) is 17.6 Å². The van der Waals surface area contributed by atoms with Gasteiger partial charge in [-0.3, -0.25) is 4.90 Å². The molecule has 10 atom stereocenters. The number of hydrogen-bond acceptors (Lipinski definition) is 9. The van der Waals surface area contributed by atoms with E-state index in [0.717, 1.165) is 37.1 Å². The number of likely N-dealkylation sites (tertiary alicyclic amines) is 1. The van der Waals surface area contributed by atoms with Crippen LogP contribution in [-0.2, 0) is 21.4 Å². The summed E-state index contributed by atoms with van der Waals surface area (Å²) >= 11 is 0. The molecule has 3 aliphatic heterocycles. The molecule has 10 heteroatoms. The van der Waals surface area contributed by atoms with Gasteiger partial charge in [-0.1, -0.05) is 24.3 Å². The second kappa shape index (κ2) is 8.02. The van der Waals surface area contributed by atoms with Crippen LogP contribution in [0.25, 0.3) is 0 Å². The Morgan fingerprint density at radius 1 is 1.20 bits per heavy atom. The summed E-state index contributed by atoms with van der Waals surface area (Å²) in [6.45, 7) is 5.50. The first-order valence-corrected chi connectivity index (χ1v) is 11.9. The lowest BCUT2D eigenvalue weighted by molar-refractivity contribution is -0.271. The third-order valence-electron chi connectivity index (χ3n) is 8.39. The third-order valence-corrected chi connectivity index (χ3v) is 8.39. The number of aliphatic carboxylic acids is 1. The van der Waals surface area contributed by atoms with Crippen molar-refractivity contribution in [1.82, 2.24) is 4.90 Å². The predicted molar refractivity (Wildman–Crippen MR) is 120 cm³/mol. The van der Waals surface area contributed by atoms with E-state index in [1.165, 1.54) is 0 Å². The molecular weight excluding hydrogens is 458 g/mol. The minimum atomic E-state index is -1.81. The predicted octanol–water partition coefficient (Wildman–Crippen LogP) is -0.680. The lowest BCUT2D eigenvalue weighted by atomic mass is 9.53. The molecule has 2 bridgehead atoms. The highest BCUT2D eigenvalue weighted by Crippen LogP contribution is 2.62. The van der Waals surface area contributed by atoms with Crippen molar-refractivity contribution < 1.29 is 44.5 Å². The van der Waals surface area contributed by atoms with Gasteiger partial charge >= 0.3 is 5.97 Å². The van der Waals surface area contributed by atoms with E-state index < -0.39 is 54.3 Å². The van der Waals surface area contributed by atoms with E-state index in [1.54, 1.807) is 12.1 Å². The Hall–Kier alpha value is -2.47. The van der Waals surface area contributed by atoms with Crippen molar-refractivity contribution in [3.63, 3.8) is 0 Å². The van der Waals surface area contributed by atoms with Gasteiger partial charge in [0, 0.05) is 29.5 Å². The van der Waals surface area contributed by atoms with Gasteiger partial charge in [-0.15, -0.1) is 6.58 Å². The molecule has 188 valence electrons. The van der Waals surface area contributed by atoms with Crippen LogP contribution in [0.5, 0.6) is 11.5 Å². The standard InChI is InChI=1S/C25H29NO9/c1-2-8-26-9-7-25-12-4-5-14(27)22(25)34-20-15(6-3-11(16(20)25)10-13(12)26)33-24-19(30)17(28)18(29)21(35-24)23(31)32/h2-6,12-14,17-19,21-22,24,27-30H,1,7-10H2,(H,31,32)/t12-,13+,14-,17-,18-,19+,21-,22-,24+,25-/m0/s1. The molecule has 5 aliphatic rings. The van der Waals surface area contributed by atoms with Gasteiger partial charge in [0.15, 0.2) is 17.6 Å². The summed E-state index contributed by atoms with van der Waals surface area (Å²) in [7, 11) is 0. The molecule has 10 nitrogen and oxygen atoms in total. The molecule has 1 aromatic carbocycles. The number of nitrogens with zero attached hydrogens (tertiary/aromatic N) is 1. The zero-order valence-corrected chi connectivity index (χ0v) is 18.9. The summed E-state index contributed by atoms with van der Waals surface area (Å²) in [5.41, 5.74) is 1.63. The number of benzene rings is 1. The molecule has 2 aliphatic carbocycles. The van der Waals surface area contributed by atoms with E-state index in [1.807, 2.05) is 12.1 Å². The van der Waals surface area contributed by atoms with Crippen molar-refractivity contribution in [2.24, 2.45) is 5.92 Å². The van der Waals surface area contributed by atoms with Gasteiger partial charge in [0.1, 0.15) is 30.5 Å². The summed E-state index contributed by atoms with van der Waals surface area (Å²) < 4.78 is 17.6. The number of carboxylic acids is 1. The molecule has 1 spiro atoms. The Balaban J connectivity index is 1.40. The van der Waals surface area contributed by atoms with Crippen LogP contribution >= 0.6 is 0 Å². The number of carbonyl (C=O) groups is 1. The molecule has 0 radical (unpaired) electrons. The molecule has 0 aromatic heterocycles. The number of aliphatic hydroxyl groups excluding tert-OH is 4. The monoisotopic (exact) mass is 487 g/mol. The van der Waals surface area contributed by atoms with Crippen LogP contribution < -0.4 is 9.47 Å². The van der Waals surface area contributed by atoms with E-state index >= 15 is 0 Å². The van der Waals surface area contributed by atoms with Crippen LogP contribution in [0.1, 0.15) is 17.5 Å². The average molecular weight is 488 g/mol. The summed E-state index contributed by atoms with van der Waals surface area (Å²) in [5.74, 6) is -0.692. The fourth-order valence-corrected chi connectivity index (χ4v) is 6.88. The number of ether oxygens (including phenoxy) is 3. The molecule has 1 aromatic rings. The lowest BCUT2D eigenvalue weighted by Crippen LogP contribution is -2.65. The second-order valence-corrected chi connectivity index (χ2v) is 10.1. The molecule has 0 unspecified atom stereocenters. The van der Waals surface area contributed by atoms with Gasteiger partial charge in [0.2, 0.25) is 6.29 Å². The fraction of sp³-hybridized carbons (Fsp3) is 0.560. The minimum Gasteiger partial charge on any atom is -0.482 e. The van der Waals surface area contributed by atoms with E-state index in [4.69, 9.17) is 14.2 Å². The molecule has 0 saturated carbocycles. The van der Waals surface area contributed by atoms with Crippen molar-refractivity contribution in [1.29, 1.82) is 0 Å². The van der Waals surface area contributed by atoms with Crippen LogP contribution in [0.2, 0.25) is 0 Å². The average Bonchev–Trinajstić information content (AvgIpc) is 3.18. The zero-order chi connectivity index (χ0) is 24.6. The van der Waals surface area contributed by atoms with E-state index in [-0.39, 0.29) is 17.7 Å². The van der Waals surface area contributed by atoms with Crippen LogP contribution in [0.4, 0.5) is 0 Å². The Morgan fingerprint density at radius 2 is 2.00 bits per heavy atom. The van der Waals surface area contributed by atoms with Crippen LogP contribution in [0.3, 0.4) is 0 Å². The topological polar surface area (TPSA) is 149 Å². The first kappa shape index (κ1) is 23.0. The van der Waals surface area contributed by atoms with E-state index in [9.17, 15) is 30.3 Å². The smallest absolute Gasteiger partial charge is 0.335 e. The number of piperidine rings is 1. The van der Waals surface area contributed by atoms with Gasteiger partial charge in [-0.25, -0.2) is 4.79 Å². The molecular formula is C25H29NO9. The number of carboxylic acid groups (broad SMARTS) is 1. The van der Waals surface area contributed by atoms with Crippen LogP contribution in [0, 0.1) is 5.92 Å². The first-order chi connectivity index (χ1) is 16.8. The van der Waals surface area contributed by atoms with Gasteiger partial charge in [0.05, 0.1) is 0 Å². The quantitative estimate of drug-likeness (QED) is 0.338. The highest BCUT2D eigenvalue weighted by molar-refractivity contribution is 5.73. The number of hydrogen-bond donors (Lipinski definition) is 5. The maximum atomic E-state index is 11.5. The van der Waals surface area contributed by atoms with Gasteiger partial charge < -0.3 is 39.7 Å². The molecule has 35 heavy (non-hydrogen) atoms. The Bertz CT molecular complexity index is 1090. The maximum absolute atomic E-state index is 11.5. The normalized spacial score (nSPS) is 43.3. The molecule has 3 heterocycles. The van der Waals surface area contributed by atoms with Crippen molar-refractivity contribution in [3.8, 4) is 11.5 Å². The lowest BCUT2D eigenvalue weighted by Gasteiger charge is -2.57. The SMILES string of the molecule is C=CCN1CC[C@]23c4c5ccc(O[C@@H]6O[C@H](C(=O)O)[C@@H](O)[C@H](O)[C@H]6O)c4O[C@H]2[C@@H](O)C=C[C@H]3[C@H]1C5. The second-order valence-electron chi connectivity index (χ2n) is 10.1. The summed E-state index contributed by atoms with van der Waals surface area (Å²) in [5, 5.41) is 50.8. The highest BCUT2D eigenvalue weighted by atomic mass is 16.7. The van der Waals surface area contributed by atoms with Crippen molar-refractivity contribution >= 4 is 5.97 Å². The van der Waals surface area contributed by atoms with Crippen LogP contribution in [0.15, 0.2) is 36.9 Å². The fourth-order valence-electron chi connectivity index (χ4n) is 6.88. The summed E-state index contributed by atoms with van der Waals surface area (Å²) in [6.07, 6.45) is -2.54. The van der Waals surface area contributed by atoms with Crippen LogP contribution in [-0.4, -0.2) is 98.4 Å². The largest absolute Gasteiger partial charge is 0.482 e. The number of rotatable bonds is 5. The molecule has 5 N–H and O–H groups in total. The molecule has 0 amide bonds. The molecule has 2 saturated heterocycles. The van der Waals surface area contributed by atoms with Gasteiger partial charge in [-0.05, 0) is 31.0 Å². The first-order valence-electron chi connectivity index (χ1n) is 11.9. The van der Waals surface area contributed by atoms with E-state index in [0.29, 0.717) is 5.75 Å². The van der Waals surface area contributed by atoms with Gasteiger partial charge in [-0.2, -0.15) is 0 Å². The Kier molecular flexibility index (Phi) is 5.26. The molecule has 6 rings (SSSR count). The molecule has 2 fully saturated rings. The minimum absolute atomic E-state index is 0.124. The summed E-state index contributed by atoms with van der Waals surface area (Å²) in [6, 6.07) is 3.85. The van der Waals surface area contributed by atoms with Crippen molar-refractivity contribution in [3.05, 3.63) is 48.1 Å². The Labute approximate surface area is 201 Å². The van der Waals surface area contributed by atoms with Crippen molar-refractivity contribution in [2.75, 3.05) is 13.1 Å². The number of aliphatic hydroxyl groups is 4. The maximum Gasteiger partial charge on any atom is 0.335 e. The van der Waals surface area contributed by atoms with Gasteiger partial charge in [0.25, 0.3) is 0 Å². The highest BCUT2D eigenvalue weighted by Gasteiger charge is 2.64.